The lowest BCUT2D eigenvalue weighted by Crippen LogP contribution is -2.48. The summed E-state index contributed by atoms with van der Waals surface area (Å²) in [7, 11) is 0. The van der Waals surface area contributed by atoms with Crippen LogP contribution in [0, 0.1) is 0 Å². The van der Waals surface area contributed by atoms with Gasteiger partial charge in [0.2, 0.25) is 0 Å². The summed E-state index contributed by atoms with van der Waals surface area (Å²) >= 11 is 9.45. The smallest absolute Gasteiger partial charge is 0.253 e. The fourth-order valence-corrected chi connectivity index (χ4v) is 3.87. The Bertz CT molecular complexity index is 500. The molecule has 2 saturated heterocycles. The fraction of sp³-hybridized carbons (Fsp3) is 0.500. The number of piperidine rings is 1. The summed E-state index contributed by atoms with van der Waals surface area (Å²) in [5.41, 5.74) is 0.552. The molecule has 1 aromatic carbocycles. The summed E-state index contributed by atoms with van der Waals surface area (Å²) in [6.45, 7) is 0. The number of hydrogen-bond donors (Lipinski definition) is 2. The lowest BCUT2D eigenvalue weighted by atomic mass is 9.99. The number of benzene rings is 1. The fourth-order valence-electron chi connectivity index (χ4n) is 3.11. The Balaban J connectivity index is 0.00000147. The van der Waals surface area contributed by atoms with Gasteiger partial charge in [-0.15, -0.1) is 12.4 Å². The molecule has 3 rings (SSSR count). The Morgan fingerprint density at radius 1 is 1.30 bits per heavy atom. The zero-order chi connectivity index (χ0) is 13.4. The molecule has 0 saturated carbocycles. The van der Waals surface area contributed by atoms with Crippen LogP contribution in [-0.4, -0.2) is 24.0 Å². The van der Waals surface area contributed by atoms with E-state index in [9.17, 15) is 4.79 Å². The first-order valence-corrected chi connectivity index (χ1v) is 7.81. The van der Waals surface area contributed by atoms with Crippen molar-refractivity contribution < 1.29 is 4.79 Å². The Labute approximate surface area is 138 Å². The molecule has 2 bridgehead atoms. The molecule has 2 aliphatic heterocycles. The molecule has 2 heterocycles. The summed E-state index contributed by atoms with van der Waals surface area (Å²) in [6, 6.07) is 6.77. The van der Waals surface area contributed by atoms with Gasteiger partial charge in [-0.3, -0.25) is 4.79 Å². The summed E-state index contributed by atoms with van der Waals surface area (Å²) in [4.78, 5) is 12.2. The van der Waals surface area contributed by atoms with Crippen LogP contribution in [0.25, 0.3) is 0 Å². The highest BCUT2D eigenvalue weighted by molar-refractivity contribution is 9.10. The third kappa shape index (κ3) is 3.48. The standard InChI is InChI=1S/C14H16BrClN2O.ClH/c15-8-1-4-12(13(16)5-8)14(19)18-11-6-9-2-3-10(7-11)17-9;/h1,4-5,9-11,17H,2-3,6-7H2,(H,18,19);1H. The van der Waals surface area contributed by atoms with Crippen LogP contribution in [0.5, 0.6) is 0 Å². The van der Waals surface area contributed by atoms with E-state index in [0.717, 1.165) is 17.3 Å². The number of halogens is 3. The van der Waals surface area contributed by atoms with Gasteiger partial charge in [0.1, 0.15) is 0 Å². The maximum Gasteiger partial charge on any atom is 0.253 e. The van der Waals surface area contributed by atoms with Crippen molar-refractivity contribution in [2.75, 3.05) is 0 Å². The van der Waals surface area contributed by atoms with Crippen molar-refractivity contribution in [2.45, 2.75) is 43.8 Å². The van der Waals surface area contributed by atoms with Gasteiger partial charge in [0.25, 0.3) is 5.91 Å². The highest BCUT2D eigenvalue weighted by Gasteiger charge is 2.34. The molecule has 6 heteroatoms. The highest BCUT2D eigenvalue weighted by Crippen LogP contribution is 2.27. The van der Waals surface area contributed by atoms with Crippen LogP contribution in [0.2, 0.25) is 5.02 Å². The monoisotopic (exact) mass is 378 g/mol. The van der Waals surface area contributed by atoms with Crippen molar-refractivity contribution in [1.82, 2.24) is 10.6 Å². The quantitative estimate of drug-likeness (QED) is 0.825. The van der Waals surface area contributed by atoms with Crippen LogP contribution in [0.4, 0.5) is 0 Å². The van der Waals surface area contributed by atoms with Crippen LogP contribution in [-0.2, 0) is 0 Å². The maximum absolute atomic E-state index is 12.2. The predicted octanol–water partition coefficient (Wildman–Crippen LogP) is 3.54. The van der Waals surface area contributed by atoms with Crippen LogP contribution < -0.4 is 10.6 Å². The second-order valence-corrected chi connectivity index (χ2v) is 6.73. The lowest BCUT2D eigenvalue weighted by molar-refractivity contribution is 0.0924. The van der Waals surface area contributed by atoms with E-state index < -0.39 is 0 Å². The van der Waals surface area contributed by atoms with E-state index in [1.54, 1.807) is 12.1 Å². The molecule has 2 N–H and O–H groups in total. The van der Waals surface area contributed by atoms with Crippen LogP contribution in [0.3, 0.4) is 0 Å². The van der Waals surface area contributed by atoms with E-state index in [1.807, 2.05) is 6.07 Å². The molecule has 0 aliphatic carbocycles. The average molecular weight is 380 g/mol. The SMILES string of the molecule is Cl.O=C(NC1CC2CCC(C1)N2)c1ccc(Br)cc1Cl. The molecule has 2 fully saturated rings. The van der Waals surface area contributed by atoms with Crippen molar-refractivity contribution in [3.8, 4) is 0 Å². The van der Waals surface area contributed by atoms with Gasteiger partial charge in [0.15, 0.2) is 0 Å². The maximum atomic E-state index is 12.2. The third-order valence-electron chi connectivity index (χ3n) is 3.98. The zero-order valence-corrected chi connectivity index (χ0v) is 14.0. The van der Waals surface area contributed by atoms with Gasteiger partial charge in [-0.05, 0) is 43.9 Å². The first kappa shape index (κ1) is 16.1. The number of carbonyl (C=O) groups excluding carboxylic acids is 1. The molecule has 0 aromatic heterocycles. The van der Waals surface area contributed by atoms with Crippen LogP contribution >= 0.6 is 39.9 Å². The molecule has 2 unspecified atom stereocenters. The minimum Gasteiger partial charge on any atom is -0.349 e. The second kappa shape index (κ2) is 6.65. The van der Waals surface area contributed by atoms with Crippen molar-refractivity contribution in [1.29, 1.82) is 0 Å². The van der Waals surface area contributed by atoms with Gasteiger partial charge >= 0.3 is 0 Å². The number of hydrogen-bond acceptors (Lipinski definition) is 2. The van der Waals surface area contributed by atoms with Gasteiger partial charge in [-0.2, -0.15) is 0 Å². The van der Waals surface area contributed by atoms with Gasteiger partial charge in [0.05, 0.1) is 10.6 Å². The van der Waals surface area contributed by atoms with E-state index in [1.165, 1.54) is 12.8 Å². The predicted molar refractivity (Wildman–Crippen MR) is 86.8 cm³/mol. The molecular formula is C14H17BrCl2N2O. The average Bonchev–Trinajstić information content (AvgIpc) is 2.68. The Hall–Kier alpha value is -0.290. The minimum absolute atomic E-state index is 0. The zero-order valence-electron chi connectivity index (χ0n) is 10.9. The van der Waals surface area contributed by atoms with E-state index >= 15 is 0 Å². The van der Waals surface area contributed by atoms with E-state index in [0.29, 0.717) is 22.7 Å². The number of rotatable bonds is 2. The van der Waals surface area contributed by atoms with Crippen molar-refractivity contribution >= 4 is 45.8 Å². The molecule has 2 atom stereocenters. The first-order valence-electron chi connectivity index (χ1n) is 6.64. The minimum atomic E-state index is -0.0659. The van der Waals surface area contributed by atoms with Gasteiger partial charge < -0.3 is 10.6 Å². The third-order valence-corrected chi connectivity index (χ3v) is 4.79. The van der Waals surface area contributed by atoms with E-state index in [4.69, 9.17) is 11.6 Å². The van der Waals surface area contributed by atoms with E-state index in [2.05, 4.69) is 26.6 Å². The summed E-state index contributed by atoms with van der Waals surface area (Å²) in [5.74, 6) is -0.0659. The van der Waals surface area contributed by atoms with Crippen LogP contribution in [0.1, 0.15) is 36.0 Å². The van der Waals surface area contributed by atoms with Crippen molar-refractivity contribution in [3.05, 3.63) is 33.3 Å². The lowest BCUT2D eigenvalue weighted by Gasteiger charge is -2.29. The van der Waals surface area contributed by atoms with E-state index in [-0.39, 0.29) is 24.4 Å². The molecule has 110 valence electrons. The molecule has 1 aromatic rings. The largest absolute Gasteiger partial charge is 0.349 e. The summed E-state index contributed by atoms with van der Waals surface area (Å²) in [6.07, 6.45) is 4.51. The number of carbonyl (C=O) groups is 1. The Morgan fingerprint density at radius 2 is 1.95 bits per heavy atom. The highest BCUT2D eigenvalue weighted by atomic mass is 79.9. The molecule has 0 radical (unpaired) electrons. The molecule has 2 aliphatic rings. The van der Waals surface area contributed by atoms with Crippen LogP contribution in [0.15, 0.2) is 22.7 Å². The van der Waals surface area contributed by atoms with Crippen molar-refractivity contribution in [3.63, 3.8) is 0 Å². The second-order valence-electron chi connectivity index (χ2n) is 5.40. The molecule has 1 amide bonds. The van der Waals surface area contributed by atoms with Gasteiger partial charge in [-0.25, -0.2) is 0 Å². The Kier molecular flexibility index (Phi) is 5.35. The summed E-state index contributed by atoms with van der Waals surface area (Å²) < 4.78 is 0.883. The Morgan fingerprint density at radius 3 is 2.55 bits per heavy atom. The van der Waals surface area contributed by atoms with Crippen molar-refractivity contribution in [2.24, 2.45) is 0 Å². The number of nitrogens with one attached hydrogen (secondary N) is 2. The summed E-state index contributed by atoms with van der Waals surface area (Å²) in [5, 5.41) is 7.18. The topological polar surface area (TPSA) is 41.1 Å². The normalized spacial score (nSPS) is 27.8. The first-order chi connectivity index (χ1) is 9.11. The number of fused-ring (bicyclic) bond motifs is 2. The molecular weight excluding hydrogens is 363 g/mol. The molecule has 20 heavy (non-hydrogen) atoms. The van der Waals surface area contributed by atoms with Gasteiger partial charge in [-0.1, -0.05) is 27.5 Å². The molecule has 0 spiro atoms. The molecule has 3 nitrogen and oxygen atoms in total. The van der Waals surface area contributed by atoms with Gasteiger partial charge in [0, 0.05) is 22.6 Å². The number of amides is 1.